The highest BCUT2D eigenvalue weighted by atomic mass is 16.5. The van der Waals surface area contributed by atoms with Crippen LogP contribution in [0.4, 0.5) is 0 Å². The number of hydrogen-bond acceptors (Lipinski definition) is 3. The van der Waals surface area contributed by atoms with Gasteiger partial charge in [-0.2, -0.15) is 0 Å². The number of ether oxygens (including phenoxy) is 1. The Morgan fingerprint density at radius 1 is 1.19 bits per heavy atom. The average Bonchev–Trinajstić information content (AvgIpc) is 2.29. The highest BCUT2D eigenvalue weighted by molar-refractivity contribution is 5.75. The van der Waals surface area contributed by atoms with Crippen molar-refractivity contribution in [2.45, 2.75) is 47.1 Å². The van der Waals surface area contributed by atoms with Crippen molar-refractivity contribution < 1.29 is 9.53 Å². The van der Waals surface area contributed by atoms with Crippen LogP contribution >= 0.6 is 0 Å². The number of carbonyl (C=O) groups excluding carboxylic acids is 1. The van der Waals surface area contributed by atoms with Gasteiger partial charge in [-0.1, -0.05) is 34.6 Å². The second-order valence-electron chi connectivity index (χ2n) is 3.42. The van der Waals surface area contributed by atoms with Gasteiger partial charge in [-0.15, -0.1) is 0 Å². The molecule has 0 heterocycles. The van der Waals surface area contributed by atoms with Crippen molar-refractivity contribution in [3.05, 3.63) is 0 Å². The molecule has 0 aromatic heterocycles. The van der Waals surface area contributed by atoms with E-state index in [1.165, 1.54) is 0 Å². The van der Waals surface area contributed by atoms with E-state index in [-0.39, 0.29) is 5.91 Å². The van der Waals surface area contributed by atoms with E-state index in [0.717, 1.165) is 6.54 Å². The van der Waals surface area contributed by atoms with E-state index in [2.05, 4.69) is 24.5 Å². The van der Waals surface area contributed by atoms with Crippen LogP contribution in [0, 0.1) is 0 Å². The summed E-state index contributed by atoms with van der Waals surface area (Å²) >= 11 is 0. The van der Waals surface area contributed by atoms with E-state index in [1.807, 2.05) is 20.8 Å². The molecule has 0 saturated heterocycles. The molecule has 0 fully saturated rings. The molecule has 0 bridgehead atoms. The Bertz CT molecular complexity index is 150. The summed E-state index contributed by atoms with van der Waals surface area (Å²) in [4.78, 5) is 10.8. The van der Waals surface area contributed by atoms with Gasteiger partial charge in [0, 0.05) is 25.6 Å². The van der Waals surface area contributed by atoms with E-state index in [0.29, 0.717) is 32.2 Å². The molecular weight excluding hydrogens is 204 g/mol. The molecule has 4 heteroatoms. The molecule has 0 unspecified atom stereocenters. The summed E-state index contributed by atoms with van der Waals surface area (Å²) < 4.78 is 5.30. The summed E-state index contributed by atoms with van der Waals surface area (Å²) in [7, 11) is 0. The zero-order valence-corrected chi connectivity index (χ0v) is 11.4. The molecule has 0 saturated carbocycles. The first-order valence-corrected chi connectivity index (χ1v) is 6.24. The number of carbonyl (C=O) groups is 1. The SMILES string of the molecule is CC.CCC(=O)NCCOCCNC(C)C. The minimum Gasteiger partial charge on any atom is -0.378 e. The summed E-state index contributed by atoms with van der Waals surface area (Å²) in [6.45, 7) is 12.8. The fourth-order valence-electron chi connectivity index (χ4n) is 0.909. The third-order valence-corrected chi connectivity index (χ3v) is 1.69. The number of nitrogens with one attached hydrogen (secondary N) is 2. The largest absolute Gasteiger partial charge is 0.378 e. The normalized spacial score (nSPS) is 9.62. The third kappa shape index (κ3) is 15.8. The molecule has 2 N–H and O–H groups in total. The van der Waals surface area contributed by atoms with E-state index < -0.39 is 0 Å². The lowest BCUT2D eigenvalue weighted by Crippen LogP contribution is -2.29. The van der Waals surface area contributed by atoms with E-state index in [9.17, 15) is 4.79 Å². The first kappa shape index (κ1) is 17.8. The van der Waals surface area contributed by atoms with Crippen molar-refractivity contribution in [2.24, 2.45) is 0 Å². The van der Waals surface area contributed by atoms with Crippen LogP contribution in [0.5, 0.6) is 0 Å². The molecule has 0 spiro atoms. The Morgan fingerprint density at radius 3 is 2.25 bits per heavy atom. The molecule has 0 rings (SSSR count). The third-order valence-electron chi connectivity index (χ3n) is 1.69. The van der Waals surface area contributed by atoms with Crippen molar-refractivity contribution in [1.82, 2.24) is 10.6 Å². The van der Waals surface area contributed by atoms with Crippen LogP contribution in [0.3, 0.4) is 0 Å². The van der Waals surface area contributed by atoms with Gasteiger partial charge in [0.15, 0.2) is 0 Å². The van der Waals surface area contributed by atoms with Crippen LogP contribution in [-0.4, -0.2) is 38.3 Å². The Morgan fingerprint density at radius 2 is 1.75 bits per heavy atom. The fourth-order valence-corrected chi connectivity index (χ4v) is 0.909. The van der Waals surface area contributed by atoms with Gasteiger partial charge in [-0.3, -0.25) is 4.79 Å². The Labute approximate surface area is 100 Å². The first-order chi connectivity index (χ1) is 7.66. The van der Waals surface area contributed by atoms with Gasteiger partial charge in [0.1, 0.15) is 0 Å². The fraction of sp³-hybridized carbons (Fsp3) is 0.917. The zero-order valence-electron chi connectivity index (χ0n) is 11.4. The van der Waals surface area contributed by atoms with E-state index in [1.54, 1.807) is 0 Å². The smallest absolute Gasteiger partial charge is 0.219 e. The van der Waals surface area contributed by atoms with Crippen LogP contribution < -0.4 is 10.6 Å². The van der Waals surface area contributed by atoms with Gasteiger partial charge in [-0.05, 0) is 0 Å². The number of rotatable bonds is 8. The van der Waals surface area contributed by atoms with Gasteiger partial charge in [0.2, 0.25) is 5.91 Å². The molecule has 0 aromatic carbocycles. The van der Waals surface area contributed by atoms with Gasteiger partial charge in [-0.25, -0.2) is 0 Å². The van der Waals surface area contributed by atoms with Crippen molar-refractivity contribution in [2.75, 3.05) is 26.3 Å². The summed E-state index contributed by atoms with van der Waals surface area (Å²) in [6, 6.07) is 0.499. The Hall–Kier alpha value is -0.610. The van der Waals surface area contributed by atoms with Crippen molar-refractivity contribution in [3.63, 3.8) is 0 Å². The van der Waals surface area contributed by atoms with Crippen LogP contribution in [0.2, 0.25) is 0 Å². The summed E-state index contributed by atoms with van der Waals surface area (Å²) in [5.74, 6) is 0.0777. The minimum absolute atomic E-state index is 0.0777. The van der Waals surface area contributed by atoms with Gasteiger partial charge >= 0.3 is 0 Å². The van der Waals surface area contributed by atoms with Crippen LogP contribution in [0.1, 0.15) is 41.0 Å². The van der Waals surface area contributed by atoms with Crippen LogP contribution in [0.25, 0.3) is 0 Å². The Balaban J connectivity index is 0. The maximum absolute atomic E-state index is 10.8. The van der Waals surface area contributed by atoms with Crippen molar-refractivity contribution in [3.8, 4) is 0 Å². The minimum atomic E-state index is 0.0777. The molecule has 0 aliphatic rings. The number of amides is 1. The molecule has 0 aliphatic carbocycles. The number of hydrogen-bond donors (Lipinski definition) is 2. The molecule has 4 nitrogen and oxygen atoms in total. The topological polar surface area (TPSA) is 50.4 Å². The first-order valence-electron chi connectivity index (χ1n) is 6.24. The maximum Gasteiger partial charge on any atom is 0.219 e. The summed E-state index contributed by atoms with van der Waals surface area (Å²) in [5.41, 5.74) is 0. The van der Waals surface area contributed by atoms with E-state index >= 15 is 0 Å². The summed E-state index contributed by atoms with van der Waals surface area (Å²) in [6.07, 6.45) is 0.537. The second-order valence-corrected chi connectivity index (χ2v) is 3.42. The standard InChI is InChI=1S/C10H22N2O2.C2H6/c1-4-10(13)12-6-8-14-7-5-11-9(2)3;1-2/h9,11H,4-8H2,1-3H3,(H,12,13);1-2H3. The lowest BCUT2D eigenvalue weighted by atomic mass is 10.4. The lowest BCUT2D eigenvalue weighted by molar-refractivity contribution is -0.121. The zero-order chi connectivity index (χ0) is 12.8. The quantitative estimate of drug-likeness (QED) is 0.624. The van der Waals surface area contributed by atoms with Crippen LogP contribution in [-0.2, 0) is 9.53 Å². The predicted octanol–water partition coefficient (Wildman–Crippen LogP) is 1.55. The lowest BCUT2D eigenvalue weighted by Gasteiger charge is -2.08. The van der Waals surface area contributed by atoms with Crippen molar-refractivity contribution in [1.29, 1.82) is 0 Å². The molecule has 1 amide bonds. The second kappa shape index (κ2) is 14.4. The molecule has 0 atom stereocenters. The average molecular weight is 232 g/mol. The van der Waals surface area contributed by atoms with Gasteiger partial charge < -0.3 is 15.4 Å². The molecule has 0 aromatic rings. The van der Waals surface area contributed by atoms with E-state index in [4.69, 9.17) is 4.74 Å². The molecular formula is C12H28N2O2. The van der Waals surface area contributed by atoms with Crippen LogP contribution in [0.15, 0.2) is 0 Å². The predicted molar refractivity (Wildman–Crippen MR) is 68.6 cm³/mol. The van der Waals surface area contributed by atoms with Gasteiger partial charge in [0.25, 0.3) is 0 Å². The highest BCUT2D eigenvalue weighted by Crippen LogP contribution is 1.78. The summed E-state index contributed by atoms with van der Waals surface area (Å²) in [5, 5.41) is 5.99. The monoisotopic (exact) mass is 232 g/mol. The maximum atomic E-state index is 10.8. The van der Waals surface area contributed by atoms with Gasteiger partial charge in [0.05, 0.1) is 13.2 Å². The molecule has 0 aliphatic heterocycles. The van der Waals surface area contributed by atoms with Crippen molar-refractivity contribution >= 4 is 5.91 Å². The molecule has 16 heavy (non-hydrogen) atoms. The molecule has 0 radical (unpaired) electrons. The molecule has 98 valence electrons. The Kier molecular flexibility index (Phi) is 16.0. The highest BCUT2D eigenvalue weighted by Gasteiger charge is 1.95.